The molecule has 2 heterocycles. The highest BCUT2D eigenvalue weighted by atomic mass is 16.5. The van der Waals surface area contributed by atoms with Crippen molar-refractivity contribution in [3.63, 3.8) is 0 Å². The molecule has 3 aromatic rings. The Morgan fingerprint density at radius 1 is 1.32 bits per heavy atom. The van der Waals surface area contributed by atoms with E-state index in [1.54, 1.807) is 24.4 Å². The zero-order valence-electron chi connectivity index (χ0n) is 10.5. The lowest BCUT2D eigenvalue weighted by molar-refractivity contribution is 0.431. The molecule has 1 aromatic carbocycles. The molecule has 0 fully saturated rings. The van der Waals surface area contributed by atoms with E-state index in [-0.39, 0.29) is 5.75 Å². The first-order valence-corrected chi connectivity index (χ1v) is 5.76. The molecule has 96 valence electrons. The van der Waals surface area contributed by atoms with Crippen molar-refractivity contribution in [2.24, 2.45) is 7.05 Å². The maximum absolute atomic E-state index is 9.50. The van der Waals surface area contributed by atoms with Gasteiger partial charge in [0.2, 0.25) is 5.82 Å². The molecule has 2 aromatic heterocycles. The lowest BCUT2D eigenvalue weighted by Crippen LogP contribution is -1.92. The van der Waals surface area contributed by atoms with E-state index in [1.807, 2.05) is 24.7 Å². The van der Waals surface area contributed by atoms with Crippen LogP contribution in [0.4, 0.5) is 0 Å². The Kier molecular flexibility index (Phi) is 2.56. The maximum atomic E-state index is 9.50. The van der Waals surface area contributed by atoms with Gasteiger partial charge in [-0.3, -0.25) is 0 Å². The van der Waals surface area contributed by atoms with E-state index in [1.165, 1.54) is 0 Å². The Hall–Kier alpha value is -2.63. The van der Waals surface area contributed by atoms with Crippen LogP contribution in [-0.2, 0) is 7.05 Å². The number of hydrogen-bond acceptors (Lipinski definition) is 5. The number of aryl methyl sites for hydroxylation is 2. The molecule has 0 amide bonds. The lowest BCUT2D eigenvalue weighted by atomic mass is 10.1. The third-order valence-electron chi connectivity index (χ3n) is 2.89. The van der Waals surface area contributed by atoms with Gasteiger partial charge in [-0.2, -0.15) is 4.98 Å². The van der Waals surface area contributed by atoms with Crippen molar-refractivity contribution in [1.82, 2.24) is 19.7 Å². The molecule has 1 N–H and O–H groups in total. The summed E-state index contributed by atoms with van der Waals surface area (Å²) in [5.74, 6) is 1.73. The Morgan fingerprint density at radius 3 is 2.84 bits per heavy atom. The van der Waals surface area contributed by atoms with Crippen molar-refractivity contribution in [2.75, 3.05) is 0 Å². The fraction of sp³-hybridized carbons (Fsp3) is 0.154. The van der Waals surface area contributed by atoms with Crippen LogP contribution in [-0.4, -0.2) is 24.8 Å². The molecule has 0 aliphatic rings. The van der Waals surface area contributed by atoms with E-state index in [2.05, 4.69) is 15.1 Å². The minimum atomic E-state index is 0.243. The fourth-order valence-corrected chi connectivity index (χ4v) is 1.80. The molecule has 0 spiro atoms. The van der Waals surface area contributed by atoms with Crippen LogP contribution < -0.4 is 0 Å². The number of phenols is 1. The van der Waals surface area contributed by atoms with E-state index in [0.29, 0.717) is 17.5 Å². The number of rotatable bonds is 2. The number of aromatic nitrogens is 4. The summed E-state index contributed by atoms with van der Waals surface area (Å²) in [4.78, 5) is 8.47. The van der Waals surface area contributed by atoms with E-state index >= 15 is 0 Å². The summed E-state index contributed by atoms with van der Waals surface area (Å²) in [5.41, 5.74) is 1.53. The molecule has 0 radical (unpaired) electrons. The number of aromatic hydroxyl groups is 1. The van der Waals surface area contributed by atoms with E-state index in [4.69, 9.17) is 4.52 Å². The van der Waals surface area contributed by atoms with Crippen molar-refractivity contribution in [3.8, 4) is 28.9 Å². The Bertz CT molecular complexity index is 730. The van der Waals surface area contributed by atoms with Crippen LogP contribution in [0.2, 0.25) is 0 Å². The number of benzene rings is 1. The zero-order chi connectivity index (χ0) is 13.4. The van der Waals surface area contributed by atoms with Gasteiger partial charge in [-0.1, -0.05) is 5.16 Å². The van der Waals surface area contributed by atoms with Crippen molar-refractivity contribution < 1.29 is 9.63 Å². The van der Waals surface area contributed by atoms with Crippen molar-refractivity contribution in [2.45, 2.75) is 6.92 Å². The molecule has 0 saturated carbocycles. The Morgan fingerprint density at radius 2 is 2.16 bits per heavy atom. The summed E-state index contributed by atoms with van der Waals surface area (Å²) >= 11 is 0. The Labute approximate surface area is 109 Å². The Balaban J connectivity index is 2.01. The van der Waals surface area contributed by atoms with E-state index < -0.39 is 0 Å². The zero-order valence-corrected chi connectivity index (χ0v) is 10.5. The monoisotopic (exact) mass is 256 g/mol. The van der Waals surface area contributed by atoms with Gasteiger partial charge < -0.3 is 14.2 Å². The standard InChI is InChI=1S/C13H12N4O2/c1-8-7-9(3-4-10(8)18)13-15-11(16-19-13)12-14-5-6-17(12)2/h3-7,18H,1-2H3. The lowest BCUT2D eigenvalue weighted by Gasteiger charge is -1.99. The van der Waals surface area contributed by atoms with Crippen LogP contribution in [0.15, 0.2) is 35.1 Å². The highest BCUT2D eigenvalue weighted by Crippen LogP contribution is 2.25. The highest BCUT2D eigenvalue weighted by Gasteiger charge is 2.14. The van der Waals surface area contributed by atoms with Gasteiger partial charge in [-0.25, -0.2) is 4.98 Å². The van der Waals surface area contributed by atoms with Crippen molar-refractivity contribution in [3.05, 3.63) is 36.2 Å². The van der Waals surface area contributed by atoms with E-state index in [9.17, 15) is 5.11 Å². The summed E-state index contributed by atoms with van der Waals surface area (Å²) in [6.45, 7) is 1.81. The summed E-state index contributed by atoms with van der Waals surface area (Å²) in [5, 5.41) is 13.4. The second kappa shape index (κ2) is 4.24. The van der Waals surface area contributed by atoms with Crippen LogP contribution in [0.1, 0.15) is 5.56 Å². The molecule has 6 nitrogen and oxygen atoms in total. The van der Waals surface area contributed by atoms with Gasteiger partial charge in [0.25, 0.3) is 5.89 Å². The third-order valence-corrected chi connectivity index (χ3v) is 2.89. The summed E-state index contributed by atoms with van der Waals surface area (Å²) in [7, 11) is 1.86. The number of nitrogens with zero attached hydrogens (tertiary/aromatic N) is 4. The van der Waals surface area contributed by atoms with Gasteiger partial charge in [0.15, 0.2) is 5.82 Å². The molecular weight excluding hydrogens is 244 g/mol. The minimum absolute atomic E-state index is 0.243. The average Bonchev–Trinajstić information content (AvgIpc) is 3.01. The second-order valence-corrected chi connectivity index (χ2v) is 4.29. The van der Waals surface area contributed by atoms with Gasteiger partial charge >= 0.3 is 0 Å². The van der Waals surface area contributed by atoms with Crippen LogP contribution in [0.25, 0.3) is 23.1 Å². The predicted octanol–water partition coefficient (Wildman–Crippen LogP) is 2.15. The van der Waals surface area contributed by atoms with Crippen LogP contribution >= 0.6 is 0 Å². The summed E-state index contributed by atoms with van der Waals surface area (Å²) < 4.78 is 7.04. The van der Waals surface area contributed by atoms with Crippen molar-refractivity contribution in [1.29, 1.82) is 0 Å². The number of imidazole rings is 1. The molecule has 3 rings (SSSR count). The highest BCUT2D eigenvalue weighted by molar-refractivity contribution is 5.58. The fourth-order valence-electron chi connectivity index (χ4n) is 1.80. The quantitative estimate of drug-likeness (QED) is 0.760. The van der Waals surface area contributed by atoms with Crippen molar-refractivity contribution >= 4 is 0 Å². The molecule has 19 heavy (non-hydrogen) atoms. The number of hydrogen-bond donors (Lipinski definition) is 1. The molecule has 0 bridgehead atoms. The summed E-state index contributed by atoms with van der Waals surface area (Å²) in [6.07, 6.45) is 3.49. The minimum Gasteiger partial charge on any atom is -0.508 e. The van der Waals surface area contributed by atoms with E-state index in [0.717, 1.165) is 11.1 Å². The van der Waals surface area contributed by atoms with Gasteiger partial charge in [0.1, 0.15) is 5.75 Å². The van der Waals surface area contributed by atoms with Crippen LogP contribution in [0, 0.1) is 6.92 Å². The summed E-state index contributed by atoms with van der Waals surface area (Å²) in [6, 6.07) is 5.14. The van der Waals surface area contributed by atoms with Gasteiger partial charge in [0.05, 0.1) is 0 Å². The number of phenolic OH excluding ortho intramolecular Hbond substituents is 1. The molecule has 0 aliphatic carbocycles. The molecule has 6 heteroatoms. The first kappa shape index (κ1) is 11.5. The maximum Gasteiger partial charge on any atom is 0.258 e. The first-order valence-electron chi connectivity index (χ1n) is 5.76. The molecule has 0 saturated heterocycles. The predicted molar refractivity (Wildman–Crippen MR) is 68.3 cm³/mol. The third kappa shape index (κ3) is 1.97. The normalized spacial score (nSPS) is 10.8. The molecule has 0 unspecified atom stereocenters. The second-order valence-electron chi connectivity index (χ2n) is 4.29. The van der Waals surface area contributed by atoms with Gasteiger partial charge in [0, 0.05) is 25.0 Å². The SMILES string of the molecule is Cc1cc(-c2nc(-c3nccn3C)no2)ccc1O. The van der Waals surface area contributed by atoms with Gasteiger partial charge in [-0.15, -0.1) is 0 Å². The smallest absolute Gasteiger partial charge is 0.258 e. The van der Waals surface area contributed by atoms with Crippen LogP contribution in [0.5, 0.6) is 5.75 Å². The largest absolute Gasteiger partial charge is 0.508 e. The molecular formula is C13H12N4O2. The first-order chi connectivity index (χ1) is 9.15. The average molecular weight is 256 g/mol. The van der Waals surface area contributed by atoms with Gasteiger partial charge in [-0.05, 0) is 30.7 Å². The van der Waals surface area contributed by atoms with Crippen LogP contribution in [0.3, 0.4) is 0 Å². The molecule has 0 aliphatic heterocycles. The molecule has 0 atom stereocenters. The topological polar surface area (TPSA) is 77.0 Å².